The average Bonchev–Trinajstić information content (AvgIpc) is 2.86. The summed E-state index contributed by atoms with van der Waals surface area (Å²) in [4.78, 5) is 2.44. The molecule has 0 unspecified atom stereocenters. The minimum atomic E-state index is -0.650. The summed E-state index contributed by atoms with van der Waals surface area (Å²) in [5.74, 6) is 0.993. The first-order chi connectivity index (χ1) is 9.08. The van der Waals surface area contributed by atoms with Crippen LogP contribution in [0.5, 0.6) is 5.75 Å². The summed E-state index contributed by atoms with van der Waals surface area (Å²) in [6, 6.07) is 6.77. The van der Waals surface area contributed by atoms with Gasteiger partial charge in [0.1, 0.15) is 5.75 Å². The maximum Gasteiger partial charge on any atom is 0.122 e. The Balaban J connectivity index is 1.78. The number of likely N-dealkylation sites (tertiary alicyclic amines) is 1. The molecule has 1 aromatic rings. The van der Waals surface area contributed by atoms with Crippen molar-refractivity contribution in [3.63, 3.8) is 0 Å². The van der Waals surface area contributed by atoms with E-state index < -0.39 is 5.60 Å². The van der Waals surface area contributed by atoms with E-state index in [1.807, 2.05) is 12.1 Å². The predicted molar refractivity (Wildman–Crippen MR) is 75.5 cm³/mol. The number of rotatable bonds is 2. The van der Waals surface area contributed by atoms with Crippen molar-refractivity contribution in [2.75, 3.05) is 19.7 Å². The quantitative estimate of drug-likeness (QED) is 0.887. The van der Waals surface area contributed by atoms with Crippen molar-refractivity contribution in [2.24, 2.45) is 0 Å². The van der Waals surface area contributed by atoms with E-state index in [2.05, 4.69) is 24.8 Å². The molecule has 1 N–H and O–H groups in total. The van der Waals surface area contributed by atoms with Crippen molar-refractivity contribution in [1.82, 2.24) is 4.90 Å². The zero-order chi connectivity index (χ0) is 13.5. The number of hydrogen-bond donors (Lipinski definition) is 1. The Morgan fingerprint density at radius 1 is 1.26 bits per heavy atom. The maximum atomic E-state index is 10.9. The average molecular weight is 261 g/mol. The molecule has 0 aromatic heterocycles. The van der Waals surface area contributed by atoms with Crippen LogP contribution in [0.15, 0.2) is 18.2 Å². The van der Waals surface area contributed by atoms with E-state index in [0.717, 1.165) is 50.3 Å². The van der Waals surface area contributed by atoms with Gasteiger partial charge in [-0.2, -0.15) is 0 Å². The third-order valence-corrected chi connectivity index (χ3v) is 4.58. The highest BCUT2D eigenvalue weighted by molar-refractivity contribution is 5.41. The minimum absolute atomic E-state index is 0.568. The zero-order valence-electron chi connectivity index (χ0n) is 11.9. The van der Waals surface area contributed by atoms with Crippen molar-refractivity contribution >= 4 is 0 Å². The second-order valence-electron chi connectivity index (χ2n) is 6.08. The first kappa shape index (κ1) is 12.9. The largest absolute Gasteiger partial charge is 0.493 e. The van der Waals surface area contributed by atoms with Crippen molar-refractivity contribution in [3.8, 4) is 5.75 Å². The Hall–Kier alpha value is -1.06. The van der Waals surface area contributed by atoms with Crippen molar-refractivity contribution < 1.29 is 9.84 Å². The SMILES string of the molecule is CC(C)N1CCC(O)(c2ccc3c(c2)CCO3)CC1. The van der Waals surface area contributed by atoms with Gasteiger partial charge in [0.05, 0.1) is 12.2 Å². The van der Waals surface area contributed by atoms with Crippen molar-refractivity contribution in [1.29, 1.82) is 0 Å². The van der Waals surface area contributed by atoms with Crippen LogP contribution in [0.2, 0.25) is 0 Å². The molecular formula is C16H23NO2. The van der Waals surface area contributed by atoms with E-state index in [9.17, 15) is 5.11 Å². The smallest absolute Gasteiger partial charge is 0.122 e. The summed E-state index contributed by atoms with van der Waals surface area (Å²) in [6.45, 7) is 7.16. The van der Waals surface area contributed by atoms with Crippen LogP contribution < -0.4 is 4.74 Å². The first-order valence-electron chi connectivity index (χ1n) is 7.31. The van der Waals surface area contributed by atoms with E-state index >= 15 is 0 Å². The lowest BCUT2D eigenvalue weighted by atomic mass is 9.83. The molecule has 3 heteroatoms. The molecular weight excluding hydrogens is 238 g/mol. The summed E-state index contributed by atoms with van der Waals surface area (Å²) >= 11 is 0. The standard InChI is InChI=1S/C16H23NO2/c1-12(2)17-8-6-16(18,7-9-17)14-3-4-15-13(11-14)5-10-19-15/h3-4,11-12,18H,5-10H2,1-2H3. The number of fused-ring (bicyclic) bond motifs is 1. The molecule has 2 aliphatic heterocycles. The van der Waals surface area contributed by atoms with Gasteiger partial charge < -0.3 is 14.7 Å². The molecule has 1 aromatic carbocycles. The molecule has 19 heavy (non-hydrogen) atoms. The van der Waals surface area contributed by atoms with E-state index in [-0.39, 0.29) is 0 Å². The van der Waals surface area contributed by atoms with Gasteiger partial charge >= 0.3 is 0 Å². The molecule has 2 heterocycles. The summed E-state index contributed by atoms with van der Waals surface area (Å²) in [5.41, 5.74) is 1.67. The van der Waals surface area contributed by atoms with Gasteiger partial charge in [-0.05, 0) is 49.9 Å². The zero-order valence-corrected chi connectivity index (χ0v) is 11.9. The molecule has 1 saturated heterocycles. The van der Waals surface area contributed by atoms with Crippen LogP contribution >= 0.6 is 0 Å². The van der Waals surface area contributed by atoms with E-state index in [0.29, 0.717) is 6.04 Å². The predicted octanol–water partition coefficient (Wildman–Crippen LogP) is 2.31. The van der Waals surface area contributed by atoms with Gasteiger partial charge in [-0.3, -0.25) is 0 Å². The fraction of sp³-hybridized carbons (Fsp3) is 0.625. The van der Waals surface area contributed by atoms with Crippen molar-refractivity contribution in [3.05, 3.63) is 29.3 Å². The molecule has 104 valence electrons. The number of piperidine rings is 1. The number of nitrogens with zero attached hydrogens (tertiary/aromatic N) is 1. The van der Waals surface area contributed by atoms with Crippen molar-refractivity contribution in [2.45, 2.75) is 44.8 Å². The Bertz CT molecular complexity index is 462. The second-order valence-corrected chi connectivity index (χ2v) is 6.08. The first-order valence-corrected chi connectivity index (χ1v) is 7.31. The maximum absolute atomic E-state index is 10.9. The molecule has 0 atom stereocenters. The number of benzene rings is 1. The summed E-state index contributed by atoms with van der Waals surface area (Å²) in [5, 5.41) is 10.9. The van der Waals surface area contributed by atoms with Gasteiger partial charge in [0.15, 0.2) is 0 Å². The highest BCUT2D eigenvalue weighted by atomic mass is 16.5. The normalized spacial score (nSPS) is 22.3. The van der Waals surface area contributed by atoms with E-state index in [1.54, 1.807) is 0 Å². The number of ether oxygens (including phenoxy) is 1. The molecule has 0 amide bonds. The Morgan fingerprint density at radius 3 is 2.68 bits per heavy atom. The Kier molecular flexibility index (Phi) is 3.27. The van der Waals surface area contributed by atoms with Gasteiger partial charge in [-0.15, -0.1) is 0 Å². The Labute approximate surface area is 115 Å². The lowest BCUT2D eigenvalue weighted by Crippen LogP contribution is -2.45. The third-order valence-electron chi connectivity index (χ3n) is 4.58. The fourth-order valence-electron chi connectivity index (χ4n) is 3.18. The molecule has 1 fully saturated rings. The summed E-state index contributed by atoms with van der Waals surface area (Å²) in [6.07, 6.45) is 2.62. The molecule has 3 nitrogen and oxygen atoms in total. The second kappa shape index (κ2) is 4.80. The molecule has 0 saturated carbocycles. The molecule has 0 radical (unpaired) electrons. The minimum Gasteiger partial charge on any atom is -0.493 e. The highest BCUT2D eigenvalue weighted by Crippen LogP contribution is 2.36. The monoisotopic (exact) mass is 261 g/mol. The van der Waals surface area contributed by atoms with Crippen LogP contribution in [0.3, 0.4) is 0 Å². The lowest BCUT2D eigenvalue weighted by molar-refractivity contribution is -0.0324. The summed E-state index contributed by atoms with van der Waals surface area (Å²) in [7, 11) is 0. The van der Waals surface area contributed by atoms with Gasteiger partial charge in [-0.25, -0.2) is 0 Å². The summed E-state index contributed by atoms with van der Waals surface area (Å²) < 4.78 is 5.53. The fourth-order valence-corrected chi connectivity index (χ4v) is 3.18. The molecule has 0 spiro atoms. The highest BCUT2D eigenvalue weighted by Gasteiger charge is 2.35. The number of aliphatic hydroxyl groups is 1. The third kappa shape index (κ3) is 2.37. The van der Waals surface area contributed by atoms with Crippen LogP contribution in [0.1, 0.15) is 37.8 Å². The van der Waals surface area contributed by atoms with E-state index in [1.165, 1.54) is 5.56 Å². The molecule has 0 bridgehead atoms. The molecule has 2 aliphatic rings. The lowest BCUT2D eigenvalue weighted by Gasteiger charge is -2.40. The topological polar surface area (TPSA) is 32.7 Å². The van der Waals surface area contributed by atoms with Crippen LogP contribution in [0.4, 0.5) is 0 Å². The van der Waals surface area contributed by atoms with Crippen LogP contribution in [-0.2, 0) is 12.0 Å². The van der Waals surface area contributed by atoms with Gasteiger partial charge in [0.25, 0.3) is 0 Å². The van der Waals surface area contributed by atoms with Gasteiger partial charge in [-0.1, -0.05) is 6.07 Å². The molecule has 3 rings (SSSR count). The van der Waals surface area contributed by atoms with Gasteiger partial charge in [0, 0.05) is 25.6 Å². The molecule has 0 aliphatic carbocycles. The van der Waals surface area contributed by atoms with Crippen LogP contribution in [-0.4, -0.2) is 35.7 Å². The van der Waals surface area contributed by atoms with Crippen LogP contribution in [0, 0.1) is 0 Å². The Morgan fingerprint density at radius 2 is 2.00 bits per heavy atom. The number of hydrogen-bond acceptors (Lipinski definition) is 3. The van der Waals surface area contributed by atoms with E-state index in [4.69, 9.17) is 4.74 Å². The van der Waals surface area contributed by atoms with Crippen LogP contribution in [0.25, 0.3) is 0 Å². The van der Waals surface area contributed by atoms with Gasteiger partial charge in [0.2, 0.25) is 0 Å².